The van der Waals surface area contributed by atoms with Gasteiger partial charge in [0.1, 0.15) is 11.2 Å². The third-order valence-electron chi connectivity index (χ3n) is 4.22. The molecule has 2 aromatic rings. The van der Waals surface area contributed by atoms with E-state index in [1.807, 2.05) is 0 Å². The average Bonchev–Trinajstić information content (AvgIpc) is 2.57. The fourth-order valence-electron chi connectivity index (χ4n) is 2.81. The third-order valence-corrected chi connectivity index (χ3v) is 5.85. The Balaban J connectivity index is 1.83. The van der Waals surface area contributed by atoms with E-state index in [0.29, 0.717) is 17.5 Å². The summed E-state index contributed by atoms with van der Waals surface area (Å²) < 4.78 is 29.6. The van der Waals surface area contributed by atoms with Gasteiger partial charge in [-0.3, -0.25) is 0 Å². The van der Waals surface area contributed by atoms with Crippen LogP contribution in [-0.2, 0) is 15.6 Å². The molecule has 0 saturated heterocycles. The summed E-state index contributed by atoms with van der Waals surface area (Å²) in [7, 11) is -3.35. The molecule has 138 valence electrons. The minimum atomic E-state index is -3.35. The first-order valence-electron chi connectivity index (χ1n) is 9.11. The molecule has 0 atom stereocenters. The van der Waals surface area contributed by atoms with Crippen molar-refractivity contribution >= 4 is 20.9 Å². The van der Waals surface area contributed by atoms with Crippen LogP contribution in [0.25, 0.3) is 11.1 Å². The highest BCUT2D eigenvalue weighted by molar-refractivity contribution is 7.90. The van der Waals surface area contributed by atoms with Gasteiger partial charge in [-0.1, -0.05) is 64.0 Å². The van der Waals surface area contributed by atoms with Gasteiger partial charge < -0.3 is 4.42 Å². The van der Waals surface area contributed by atoms with Crippen LogP contribution in [-0.4, -0.2) is 19.2 Å². The predicted octanol–water partition coefficient (Wildman–Crippen LogP) is 4.24. The van der Waals surface area contributed by atoms with E-state index in [1.165, 1.54) is 25.7 Å². The molecular formula is C19H27NO4S. The van der Waals surface area contributed by atoms with Crippen LogP contribution in [0.3, 0.4) is 0 Å². The van der Waals surface area contributed by atoms with E-state index in [-0.39, 0.29) is 17.2 Å². The number of para-hydroxylation sites is 2. The number of nitrogens with zero attached hydrogens (tertiary/aromatic N) is 1. The van der Waals surface area contributed by atoms with E-state index in [9.17, 15) is 13.2 Å². The second-order valence-electron chi connectivity index (χ2n) is 6.48. The van der Waals surface area contributed by atoms with E-state index in [0.717, 1.165) is 19.3 Å². The lowest BCUT2D eigenvalue weighted by molar-refractivity contribution is 0.541. The SMILES string of the molecule is CCCCCCCCCCS(=O)(=O)Cc1nc2ccccc2oc1=O. The molecule has 1 heterocycles. The Morgan fingerprint density at radius 1 is 0.960 bits per heavy atom. The highest BCUT2D eigenvalue weighted by atomic mass is 32.2. The molecule has 0 aliphatic heterocycles. The van der Waals surface area contributed by atoms with Gasteiger partial charge >= 0.3 is 5.63 Å². The third kappa shape index (κ3) is 6.61. The number of rotatable bonds is 11. The van der Waals surface area contributed by atoms with Crippen LogP contribution in [0.4, 0.5) is 0 Å². The molecule has 0 unspecified atom stereocenters. The van der Waals surface area contributed by atoms with Crippen molar-refractivity contribution in [2.45, 2.75) is 64.0 Å². The summed E-state index contributed by atoms with van der Waals surface area (Å²) in [5, 5.41) is 0. The summed E-state index contributed by atoms with van der Waals surface area (Å²) in [5.41, 5.74) is 0.174. The monoisotopic (exact) mass is 365 g/mol. The summed E-state index contributed by atoms with van der Waals surface area (Å²) in [5.74, 6) is -0.257. The minimum Gasteiger partial charge on any atom is -0.420 e. The van der Waals surface area contributed by atoms with Crippen LogP contribution in [0.15, 0.2) is 33.5 Å². The lowest BCUT2D eigenvalue weighted by Crippen LogP contribution is -2.18. The molecule has 0 saturated carbocycles. The maximum absolute atomic E-state index is 12.2. The van der Waals surface area contributed by atoms with Crippen LogP contribution < -0.4 is 5.63 Å². The molecule has 0 fully saturated rings. The maximum Gasteiger partial charge on any atom is 0.359 e. The van der Waals surface area contributed by atoms with Gasteiger partial charge in [0.15, 0.2) is 15.4 Å². The Labute approximate surface area is 149 Å². The summed E-state index contributed by atoms with van der Waals surface area (Å²) in [4.78, 5) is 16.1. The largest absolute Gasteiger partial charge is 0.420 e. The average molecular weight is 365 g/mol. The van der Waals surface area contributed by atoms with Crippen LogP contribution in [0.5, 0.6) is 0 Å². The van der Waals surface area contributed by atoms with Crippen molar-refractivity contribution in [1.82, 2.24) is 4.98 Å². The zero-order chi connectivity index (χ0) is 18.1. The van der Waals surface area contributed by atoms with Crippen molar-refractivity contribution in [1.29, 1.82) is 0 Å². The number of unbranched alkanes of at least 4 members (excludes halogenated alkanes) is 7. The van der Waals surface area contributed by atoms with Gasteiger partial charge in [0, 0.05) is 0 Å². The Hall–Kier alpha value is -1.69. The molecule has 2 rings (SSSR count). The Bertz CT molecular complexity index is 827. The van der Waals surface area contributed by atoms with Crippen LogP contribution in [0.1, 0.15) is 64.0 Å². The van der Waals surface area contributed by atoms with Crippen molar-refractivity contribution < 1.29 is 12.8 Å². The first-order valence-corrected chi connectivity index (χ1v) is 10.9. The van der Waals surface area contributed by atoms with Crippen molar-refractivity contribution in [3.63, 3.8) is 0 Å². The molecule has 1 aromatic heterocycles. The highest BCUT2D eigenvalue weighted by Crippen LogP contribution is 2.12. The fraction of sp³-hybridized carbons (Fsp3) is 0.579. The lowest BCUT2D eigenvalue weighted by Gasteiger charge is -2.05. The van der Waals surface area contributed by atoms with Crippen LogP contribution >= 0.6 is 0 Å². The molecular weight excluding hydrogens is 338 g/mol. The zero-order valence-corrected chi connectivity index (χ0v) is 15.7. The molecule has 0 aliphatic rings. The summed E-state index contributed by atoms with van der Waals surface area (Å²) in [6.07, 6.45) is 8.76. The number of hydrogen-bond donors (Lipinski definition) is 0. The molecule has 0 bridgehead atoms. The Morgan fingerprint density at radius 3 is 2.32 bits per heavy atom. The predicted molar refractivity (Wildman–Crippen MR) is 100 cm³/mol. The Morgan fingerprint density at radius 2 is 1.60 bits per heavy atom. The van der Waals surface area contributed by atoms with E-state index < -0.39 is 15.5 Å². The molecule has 0 spiro atoms. The van der Waals surface area contributed by atoms with E-state index >= 15 is 0 Å². The molecule has 0 N–H and O–H groups in total. The first kappa shape index (κ1) is 19.6. The van der Waals surface area contributed by atoms with Gasteiger partial charge in [0.2, 0.25) is 0 Å². The number of sulfone groups is 1. The number of aromatic nitrogens is 1. The highest BCUT2D eigenvalue weighted by Gasteiger charge is 2.17. The van der Waals surface area contributed by atoms with Gasteiger partial charge in [-0.05, 0) is 18.6 Å². The zero-order valence-electron chi connectivity index (χ0n) is 14.9. The molecule has 0 amide bonds. The molecule has 0 aliphatic carbocycles. The standard InChI is InChI=1S/C19H27NO4S/c1-2-3-4-5-6-7-8-11-14-25(22,23)15-17-19(21)24-18-13-10-9-12-16(18)20-17/h9-10,12-13H,2-8,11,14-15H2,1H3. The van der Waals surface area contributed by atoms with E-state index in [1.54, 1.807) is 24.3 Å². The normalized spacial score (nSPS) is 11.9. The number of benzene rings is 1. The summed E-state index contributed by atoms with van der Waals surface area (Å²) in [6, 6.07) is 6.86. The smallest absolute Gasteiger partial charge is 0.359 e. The second-order valence-corrected chi connectivity index (χ2v) is 8.67. The van der Waals surface area contributed by atoms with Crippen LogP contribution in [0, 0.1) is 0 Å². The summed E-state index contributed by atoms with van der Waals surface area (Å²) >= 11 is 0. The molecule has 5 nitrogen and oxygen atoms in total. The van der Waals surface area contributed by atoms with Gasteiger partial charge in [0.25, 0.3) is 0 Å². The van der Waals surface area contributed by atoms with Crippen LogP contribution in [0.2, 0.25) is 0 Å². The fourth-order valence-corrected chi connectivity index (χ4v) is 4.20. The first-order chi connectivity index (χ1) is 12.0. The minimum absolute atomic E-state index is 0.0294. The summed E-state index contributed by atoms with van der Waals surface area (Å²) in [6.45, 7) is 2.19. The number of hydrogen-bond acceptors (Lipinski definition) is 5. The van der Waals surface area contributed by atoms with E-state index in [2.05, 4.69) is 11.9 Å². The van der Waals surface area contributed by atoms with Crippen molar-refractivity contribution in [2.75, 3.05) is 5.75 Å². The Kier molecular flexibility index (Phi) is 7.62. The number of fused-ring (bicyclic) bond motifs is 1. The second kappa shape index (κ2) is 9.70. The van der Waals surface area contributed by atoms with Gasteiger partial charge in [-0.25, -0.2) is 18.2 Å². The molecule has 1 aromatic carbocycles. The quantitative estimate of drug-likeness (QED) is 0.557. The molecule has 6 heteroatoms. The topological polar surface area (TPSA) is 77.2 Å². The van der Waals surface area contributed by atoms with Gasteiger partial charge in [0.05, 0.1) is 11.5 Å². The van der Waals surface area contributed by atoms with Gasteiger partial charge in [-0.2, -0.15) is 0 Å². The van der Waals surface area contributed by atoms with Crippen molar-refractivity contribution in [2.24, 2.45) is 0 Å². The lowest BCUT2D eigenvalue weighted by atomic mass is 10.1. The molecule has 0 radical (unpaired) electrons. The van der Waals surface area contributed by atoms with E-state index in [4.69, 9.17) is 4.42 Å². The van der Waals surface area contributed by atoms with Crippen molar-refractivity contribution in [3.05, 3.63) is 40.4 Å². The maximum atomic E-state index is 12.2. The van der Waals surface area contributed by atoms with Crippen molar-refractivity contribution in [3.8, 4) is 0 Å². The van der Waals surface area contributed by atoms with Gasteiger partial charge in [-0.15, -0.1) is 0 Å². The molecule has 25 heavy (non-hydrogen) atoms.